The maximum Gasteiger partial charge on any atom is 0.216 e. The standard InChI is InChI=1S/C12H17NO2/c1-9(2)15-12-5-3-4-11(13-12)14-8-10-6-7-10/h3-5,9-10H,6-8H2,1-2H3. The number of pyridine rings is 1. The van der Waals surface area contributed by atoms with Crippen LogP contribution in [0.3, 0.4) is 0 Å². The molecule has 1 heterocycles. The molecule has 0 amide bonds. The van der Waals surface area contributed by atoms with Gasteiger partial charge in [-0.2, -0.15) is 4.98 Å². The van der Waals surface area contributed by atoms with Crippen LogP contribution in [-0.2, 0) is 0 Å². The fourth-order valence-corrected chi connectivity index (χ4v) is 1.27. The van der Waals surface area contributed by atoms with Crippen LogP contribution in [0.15, 0.2) is 18.2 Å². The van der Waals surface area contributed by atoms with Crippen LogP contribution in [0.2, 0.25) is 0 Å². The summed E-state index contributed by atoms with van der Waals surface area (Å²) in [6.45, 7) is 4.76. The molecule has 0 radical (unpaired) electrons. The van der Waals surface area contributed by atoms with Gasteiger partial charge in [-0.05, 0) is 32.6 Å². The van der Waals surface area contributed by atoms with Gasteiger partial charge in [-0.15, -0.1) is 0 Å². The molecule has 0 atom stereocenters. The molecule has 0 saturated heterocycles. The van der Waals surface area contributed by atoms with Crippen LogP contribution in [0, 0.1) is 5.92 Å². The molecule has 0 N–H and O–H groups in total. The van der Waals surface area contributed by atoms with Gasteiger partial charge in [0.15, 0.2) is 0 Å². The third-order valence-corrected chi connectivity index (χ3v) is 2.22. The van der Waals surface area contributed by atoms with Gasteiger partial charge in [-0.1, -0.05) is 6.07 Å². The van der Waals surface area contributed by atoms with E-state index in [2.05, 4.69) is 4.98 Å². The monoisotopic (exact) mass is 207 g/mol. The summed E-state index contributed by atoms with van der Waals surface area (Å²) in [5, 5.41) is 0. The highest BCUT2D eigenvalue weighted by Gasteiger charge is 2.22. The van der Waals surface area contributed by atoms with Crippen molar-refractivity contribution in [2.45, 2.75) is 32.8 Å². The first kappa shape index (κ1) is 10.3. The van der Waals surface area contributed by atoms with Crippen molar-refractivity contribution in [1.29, 1.82) is 0 Å². The minimum atomic E-state index is 0.149. The Morgan fingerprint density at radius 3 is 2.73 bits per heavy atom. The third kappa shape index (κ3) is 3.42. The van der Waals surface area contributed by atoms with Gasteiger partial charge >= 0.3 is 0 Å². The quantitative estimate of drug-likeness (QED) is 0.743. The Balaban J connectivity index is 1.91. The second-order valence-corrected chi connectivity index (χ2v) is 4.24. The first-order valence-corrected chi connectivity index (χ1v) is 5.50. The number of ether oxygens (including phenoxy) is 2. The molecule has 2 rings (SSSR count). The first-order valence-electron chi connectivity index (χ1n) is 5.50. The molecule has 0 unspecified atom stereocenters. The van der Waals surface area contributed by atoms with E-state index in [1.165, 1.54) is 12.8 Å². The Bertz CT molecular complexity index is 321. The van der Waals surface area contributed by atoms with E-state index in [-0.39, 0.29) is 6.10 Å². The molecule has 1 aromatic heterocycles. The summed E-state index contributed by atoms with van der Waals surface area (Å²) in [5.74, 6) is 2.06. The Hall–Kier alpha value is -1.25. The zero-order valence-electron chi connectivity index (χ0n) is 9.27. The second kappa shape index (κ2) is 4.51. The molecule has 3 heteroatoms. The van der Waals surface area contributed by atoms with Gasteiger partial charge in [0.25, 0.3) is 0 Å². The lowest BCUT2D eigenvalue weighted by Gasteiger charge is -2.10. The highest BCUT2D eigenvalue weighted by atomic mass is 16.5. The van der Waals surface area contributed by atoms with Gasteiger partial charge in [0.1, 0.15) is 0 Å². The van der Waals surface area contributed by atoms with Crippen molar-refractivity contribution in [3.05, 3.63) is 18.2 Å². The zero-order chi connectivity index (χ0) is 10.7. The fourth-order valence-electron chi connectivity index (χ4n) is 1.27. The molecule has 0 aliphatic heterocycles. The minimum absolute atomic E-state index is 0.149. The van der Waals surface area contributed by atoms with Crippen LogP contribution in [0.25, 0.3) is 0 Å². The topological polar surface area (TPSA) is 31.4 Å². The van der Waals surface area contributed by atoms with E-state index in [0.717, 1.165) is 12.5 Å². The Morgan fingerprint density at radius 2 is 2.07 bits per heavy atom. The molecule has 0 spiro atoms. The van der Waals surface area contributed by atoms with Crippen molar-refractivity contribution >= 4 is 0 Å². The van der Waals surface area contributed by atoms with E-state index in [1.807, 2.05) is 32.0 Å². The summed E-state index contributed by atoms with van der Waals surface area (Å²) in [5.41, 5.74) is 0. The molecule has 1 aliphatic carbocycles. The number of hydrogen-bond donors (Lipinski definition) is 0. The van der Waals surface area contributed by atoms with Gasteiger partial charge < -0.3 is 9.47 Å². The van der Waals surface area contributed by atoms with Crippen molar-refractivity contribution in [3.8, 4) is 11.8 Å². The number of rotatable bonds is 5. The Kier molecular flexibility index (Phi) is 3.09. The van der Waals surface area contributed by atoms with Crippen molar-refractivity contribution in [2.75, 3.05) is 6.61 Å². The highest BCUT2D eigenvalue weighted by Crippen LogP contribution is 2.29. The molecule has 1 fully saturated rings. The SMILES string of the molecule is CC(C)Oc1cccc(OCC2CC2)n1. The molecule has 3 nitrogen and oxygen atoms in total. The summed E-state index contributed by atoms with van der Waals surface area (Å²) in [6, 6.07) is 5.63. The van der Waals surface area contributed by atoms with Gasteiger partial charge in [0.2, 0.25) is 11.8 Å². The largest absolute Gasteiger partial charge is 0.477 e. The summed E-state index contributed by atoms with van der Waals surface area (Å²) in [6.07, 6.45) is 2.74. The molecule has 15 heavy (non-hydrogen) atoms. The van der Waals surface area contributed by atoms with E-state index < -0.39 is 0 Å². The predicted octanol–water partition coefficient (Wildman–Crippen LogP) is 2.66. The molecule has 1 aliphatic rings. The van der Waals surface area contributed by atoms with Crippen LogP contribution in [0.4, 0.5) is 0 Å². The normalized spacial score (nSPS) is 15.4. The summed E-state index contributed by atoms with van der Waals surface area (Å²) in [4.78, 5) is 4.27. The number of aromatic nitrogens is 1. The van der Waals surface area contributed by atoms with Gasteiger partial charge in [-0.3, -0.25) is 0 Å². The molecular formula is C12H17NO2. The minimum Gasteiger partial charge on any atom is -0.477 e. The smallest absolute Gasteiger partial charge is 0.216 e. The van der Waals surface area contributed by atoms with Gasteiger partial charge in [0, 0.05) is 12.1 Å². The molecule has 82 valence electrons. The lowest BCUT2D eigenvalue weighted by atomic mass is 10.4. The van der Waals surface area contributed by atoms with Crippen molar-refractivity contribution in [2.24, 2.45) is 5.92 Å². The summed E-state index contributed by atoms with van der Waals surface area (Å²) >= 11 is 0. The lowest BCUT2D eigenvalue weighted by Crippen LogP contribution is -2.07. The first-order chi connectivity index (χ1) is 7.24. The van der Waals surface area contributed by atoms with E-state index >= 15 is 0 Å². The number of nitrogens with zero attached hydrogens (tertiary/aromatic N) is 1. The average Bonchev–Trinajstić information content (AvgIpc) is 2.97. The van der Waals surface area contributed by atoms with E-state index in [0.29, 0.717) is 11.8 Å². The molecule has 1 aromatic rings. The van der Waals surface area contributed by atoms with Crippen LogP contribution >= 0.6 is 0 Å². The van der Waals surface area contributed by atoms with Crippen LogP contribution in [0.5, 0.6) is 11.8 Å². The lowest BCUT2D eigenvalue weighted by molar-refractivity contribution is 0.225. The van der Waals surface area contributed by atoms with E-state index in [4.69, 9.17) is 9.47 Å². The van der Waals surface area contributed by atoms with Crippen LogP contribution in [0.1, 0.15) is 26.7 Å². The van der Waals surface area contributed by atoms with E-state index in [9.17, 15) is 0 Å². The molecule has 0 aromatic carbocycles. The number of hydrogen-bond acceptors (Lipinski definition) is 3. The Morgan fingerprint density at radius 1 is 1.33 bits per heavy atom. The fraction of sp³-hybridized carbons (Fsp3) is 0.583. The molecular weight excluding hydrogens is 190 g/mol. The average molecular weight is 207 g/mol. The van der Waals surface area contributed by atoms with Crippen molar-refractivity contribution in [1.82, 2.24) is 4.98 Å². The second-order valence-electron chi connectivity index (χ2n) is 4.24. The van der Waals surface area contributed by atoms with Crippen molar-refractivity contribution in [3.63, 3.8) is 0 Å². The van der Waals surface area contributed by atoms with Crippen molar-refractivity contribution < 1.29 is 9.47 Å². The third-order valence-electron chi connectivity index (χ3n) is 2.22. The van der Waals surface area contributed by atoms with Gasteiger partial charge in [0.05, 0.1) is 12.7 Å². The highest BCUT2D eigenvalue weighted by molar-refractivity contribution is 5.19. The van der Waals surface area contributed by atoms with Gasteiger partial charge in [-0.25, -0.2) is 0 Å². The van der Waals surface area contributed by atoms with E-state index in [1.54, 1.807) is 0 Å². The Labute approximate surface area is 90.4 Å². The summed E-state index contributed by atoms with van der Waals surface area (Å²) < 4.78 is 11.0. The van der Waals surface area contributed by atoms with Crippen LogP contribution < -0.4 is 9.47 Å². The zero-order valence-corrected chi connectivity index (χ0v) is 9.27. The maximum absolute atomic E-state index is 5.56. The molecule has 1 saturated carbocycles. The predicted molar refractivity (Wildman–Crippen MR) is 58.2 cm³/mol. The maximum atomic E-state index is 5.56. The van der Waals surface area contributed by atoms with Crippen LogP contribution in [-0.4, -0.2) is 17.7 Å². The summed E-state index contributed by atoms with van der Waals surface area (Å²) in [7, 11) is 0. The molecule has 0 bridgehead atoms.